The zero-order valence-electron chi connectivity index (χ0n) is 15.8. The number of anilines is 1. The summed E-state index contributed by atoms with van der Waals surface area (Å²) in [7, 11) is 0. The first-order chi connectivity index (χ1) is 14.4. The first-order valence-corrected chi connectivity index (χ1v) is 10.1. The van der Waals surface area contributed by atoms with Crippen LogP contribution in [0.15, 0.2) is 64.4 Å². The van der Waals surface area contributed by atoms with Gasteiger partial charge in [-0.3, -0.25) is 4.90 Å². The monoisotopic (exact) mass is 477 g/mol. The van der Waals surface area contributed by atoms with Crippen molar-refractivity contribution in [1.29, 1.82) is 0 Å². The number of halogens is 3. The van der Waals surface area contributed by atoms with E-state index in [1.807, 2.05) is 18.2 Å². The lowest BCUT2D eigenvalue weighted by Crippen LogP contribution is -2.33. The Kier molecular flexibility index (Phi) is 5.87. The summed E-state index contributed by atoms with van der Waals surface area (Å²) >= 11 is 2.19. The SMILES string of the molecule is O=NN(c1ccc(-c2noc(C(F)(F)Br)n2)cc1)C1CCN(Cc2ccccc2)C1. The normalized spacial score (nSPS) is 17.2. The Bertz CT molecular complexity index is 994. The van der Waals surface area contributed by atoms with Crippen LogP contribution in [0.25, 0.3) is 11.4 Å². The fourth-order valence-corrected chi connectivity index (χ4v) is 3.70. The van der Waals surface area contributed by atoms with Crippen LogP contribution in [0.5, 0.6) is 0 Å². The van der Waals surface area contributed by atoms with Gasteiger partial charge in [0.05, 0.1) is 17.0 Å². The van der Waals surface area contributed by atoms with Gasteiger partial charge in [-0.05, 0) is 36.2 Å². The van der Waals surface area contributed by atoms with Crippen LogP contribution in [0.4, 0.5) is 14.5 Å². The lowest BCUT2D eigenvalue weighted by Gasteiger charge is -2.23. The lowest BCUT2D eigenvalue weighted by molar-refractivity contribution is 0.0725. The van der Waals surface area contributed by atoms with Crippen LogP contribution >= 0.6 is 15.9 Å². The Balaban J connectivity index is 1.44. The van der Waals surface area contributed by atoms with Crippen molar-refractivity contribution in [3.05, 3.63) is 71.0 Å². The smallest absolute Gasteiger partial charge is 0.331 e. The molecule has 1 aromatic heterocycles. The molecule has 1 unspecified atom stereocenters. The van der Waals surface area contributed by atoms with Gasteiger partial charge in [-0.15, -0.1) is 4.91 Å². The molecular formula is C20H18BrF2N5O2. The largest absolute Gasteiger partial charge is 0.378 e. The molecule has 1 aliphatic heterocycles. The maximum atomic E-state index is 13.2. The van der Waals surface area contributed by atoms with Crippen molar-refractivity contribution in [1.82, 2.24) is 15.0 Å². The van der Waals surface area contributed by atoms with E-state index in [9.17, 15) is 13.7 Å². The Morgan fingerprint density at radius 3 is 2.57 bits per heavy atom. The summed E-state index contributed by atoms with van der Waals surface area (Å²) in [6.45, 7) is 2.41. The molecule has 0 spiro atoms. The molecule has 0 bridgehead atoms. The number of likely N-dealkylation sites (tertiary alicyclic amines) is 1. The average molecular weight is 478 g/mol. The van der Waals surface area contributed by atoms with Gasteiger partial charge in [0.25, 0.3) is 0 Å². The van der Waals surface area contributed by atoms with Gasteiger partial charge in [-0.1, -0.05) is 35.5 Å². The number of nitrogens with zero attached hydrogens (tertiary/aromatic N) is 5. The van der Waals surface area contributed by atoms with E-state index < -0.39 is 10.7 Å². The van der Waals surface area contributed by atoms with Gasteiger partial charge in [0.1, 0.15) is 0 Å². The molecule has 2 heterocycles. The fourth-order valence-electron chi connectivity index (χ4n) is 3.54. The van der Waals surface area contributed by atoms with E-state index in [1.165, 1.54) is 10.6 Å². The molecule has 1 fully saturated rings. The van der Waals surface area contributed by atoms with Crippen LogP contribution in [-0.4, -0.2) is 34.2 Å². The Morgan fingerprint density at radius 2 is 1.93 bits per heavy atom. The molecule has 3 aromatic rings. The molecule has 0 N–H and O–H groups in total. The highest BCUT2D eigenvalue weighted by molar-refractivity contribution is 9.09. The predicted octanol–water partition coefficient (Wildman–Crippen LogP) is 4.94. The van der Waals surface area contributed by atoms with Crippen molar-refractivity contribution >= 4 is 21.6 Å². The first kappa shape index (κ1) is 20.5. The Morgan fingerprint density at radius 1 is 1.20 bits per heavy atom. The van der Waals surface area contributed by atoms with Crippen LogP contribution in [-0.2, 0) is 11.4 Å². The zero-order chi connectivity index (χ0) is 21.1. The number of alkyl halides is 3. The molecule has 1 atom stereocenters. The van der Waals surface area contributed by atoms with Gasteiger partial charge in [0.15, 0.2) is 0 Å². The molecule has 0 saturated carbocycles. The molecule has 4 rings (SSSR count). The molecule has 7 nitrogen and oxygen atoms in total. The summed E-state index contributed by atoms with van der Waals surface area (Å²) in [4.78, 5) is 14.2. The molecule has 0 radical (unpaired) electrons. The van der Waals surface area contributed by atoms with E-state index in [2.05, 4.69) is 52.9 Å². The van der Waals surface area contributed by atoms with Gasteiger partial charge in [-0.25, -0.2) is 5.01 Å². The standard InChI is InChI=1S/C20H18BrF2N5O2/c21-20(22,23)19-24-18(25-30-19)15-6-8-16(9-7-15)28(26-29)17-10-11-27(13-17)12-14-4-2-1-3-5-14/h1-9,17H,10-13H2. The summed E-state index contributed by atoms with van der Waals surface area (Å²) < 4.78 is 31.0. The van der Waals surface area contributed by atoms with Crippen molar-refractivity contribution in [2.24, 2.45) is 5.29 Å². The number of benzene rings is 2. The molecule has 10 heteroatoms. The minimum atomic E-state index is -3.38. The van der Waals surface area contributed by atoms with Crippen molar-refractivity contribution in [3.63, 3.8) is 0 Å². The maximum Gasteiger partial charge on any atom is 0.378 e. The van der Waals surface area contributed by atoms with E-state index in [0.717, 1.165) is 26.1 Å². The van der Waals surface area contributed by atoms with E-state index in [4.69, 9.17) is 0 Å². The molecular weight excluding hydrogens is 460 g/mol. The van der Waals surface area contributed by atoms with E-state index in [1.54, 1.807) is 24.3 Å². The van der Waals surface area contributed by atoms with Crippen LogP contribution in [0, 0.1) is 4.91 Å². The van der Waals surface area contributed by atoms with Gasteiger partial charge < -0.3 is 4.52 Å². The van der Waals surface area contributed by atoms with Crippen LogP contribution in [0.1, 0.15) is 17.9 Å². The zero-order valence-corrected chi connectivity index (χ0v) is 17.4. The Labute approximate surface area is 179 Å². The summed E-state index contributed by atoms with van der Waals surface area (Å²) in [5.41, 5.74) is 2.34. The van der Waals surface area contributed by atoms with Gasteiger partial charge in [0, 0.05) is 41.1 Å². The number of nitroso groups, excluding NO2 is 1. The number of hydrogen-bond donors (Lipinski definition) is 0. The van der Waals surface area contributed by atoms with E-state index in [0.29, 0.717) is 11.3 Å². The number of aromatic nitrogens is 2. The summed E-state index contributed by atoms with van der Waals surface area (Å²) in [6.07, 6.45) is 0.814. The first-order valence-electron chi connectivity index (χ1n) is 9.34. The van der Waals surface area contributed by atoms with Gasteiger partial charge >= 0.3 is 10.7 Å². The Hall–Kier alpha value is -2.72. The quantitative estimate of drug-likeness (QED) is 0.272. The topological polar surface area (TPSA) is 74.8 Å². The summed E-state index contributed by atoms with van der Waals surface area (Å²) in [5, 5.41) is 8.26. The molecule has 1 saturated heterocycles. The fraction of sp³-hybridized carbons (Fsp3) is 0.300. The summed E-state index contributed by atoms with van der Waals surface area (Å²) in [5.74, 6) is -0.779. The van der Waals surface area contributed by atoms with E-state index in [-0.39, 0.29) is 11.9 Å². The highest BCUT2D eigenvalue weighted by Gasteiger charge is 2.35. The van der Waals surface area contributed by atoms with Crippen LogP contribution in [0.3, 0.4) is 0 Å². The average Bonchev–Trinajstić information content (AvgIpc) is 3.40. The highest BCUT2D eigenvalue weighted by Crippen LogP contribution is 2.34. The van der Waals surface area contributed by atoms with Crippen LogP contribution < -0.4 is 5.01 Å². The van der Waals surface area contributed by atoms with Crippen LogP contribution in [0.2, 0.25) is 0 Å². The summed E-state index contributed by atoms with van der Waals surface area (Å²) in [6, 6.07) is 16.8. The van der Waals surface area contributed by atoms with Gasteiger partial charge in [0.2, 0.25) is 5.82 Å². The third-order valence-electron chi connectivity index (χ3n) is 4.99. The minimum Gasteiger partial charge on any atom is -0.331 e. The third-order valence-corrected chi connectivity index (χ3v) is 5.33. The van der Waals surface area contributed by atoms with Crippen molar-refractivity contribution in [3.8, 4) is 11.4 Å². The van der Waals surface area contributed by atoms with Crippen molar-refractivity contribution < 1.29 is 13.3 Å². The lowest BCUT2D eigenvalue weighted by atomic mass is 10.1. The predicted molar refractivity (Wildman–Crippen MR) is 111 cm³/mol. The highest BCUT2D eigenvalue weighted by atomic mass is 79.9. The molecule has 30 heavy (non-hydrogen) atoms. The molecule has 0 amide bonds. The maximum absolute atomic E-state index is 13.2. The molecule has 1 aliphatic rings. The second-order valence-corrected chi connectivity index (χ2v) is 8.05. The molecule has 156 valence electrons. The molecule has 2 aromatic carbocycles. The van der Waals surface area contributed by atoms with Crippen molar-refractivity contribution in [2.45, 2.75) is 23.8 Å². The number of rotatable bonds is 7. The van der Waals surface area contributed by atoms with Gasteiger partial charge in [-0.2, -0.15) is 13.8 Å². The minimum absolute atomic E-state index is 0.0381. The van der Waals surface area contributed by atoms with E-state index >= 15 is 0 Å². The third kappa shape index (κ3) is 4.54. The second-order valence-electron chi connectivity index (χ2n) is 7.06. The molecule has 0 aliphatic carbocycles. The number of hydrogen-bond acceptors (Lipinski definition) is 6. The van der Waals surface area contributed by atoms with Crippen molar-refractivity contribution in [2.75, 3.05) is 18.1 Å². The second kappa shape index (κ2) is 8.57.